The predicted molar refractivity (Wildman–Crippen MR) is 244 cm³/mol. The van der Waals surface area contributed by atoms with Gasteiger partial charge in [0.25, 0.3) is 0 Å². The van der Waals surface area contributed by atoms with Crippen molar-refractivity contribution in [2.24, 2.45) is 0 Å². The molecule has 1 saturated heterocycles. The van der Waals surface area contributed by atoms with E-state index in [0.717, 1.165) is 75.4 Å². The van der Waals surface area contributed by atoms with E-state index >= 15 is 0 Å². The molecule has 3 heterocycles. The van der Waals surface area contributed by atoms with E-state index in [9.17, 15) is 9.59 Å². The Morgan fingerprint density at radius 1 is 0.707 bits per heavy atom. The molecule has 7 nitrogen and oxygen atoms in total. The van der Waals surface area contributed by atoms with Crippen molar-refractivity contribution in [3.8, 4) is 5.75 Å². The summed E-state index contributed by atoms with van der Waals surface area (Å²) < 4.78 is 13.2. The molecular formula is C50H78N3O4S+. The van der Waals surface area contributed by atoms with E-state index in [1.807, 2.05) is 23.5 Å². The molecule has 1 amide bonds. The first-order chi connectivity index (χ1) is 28.6. The Morgan fingerprint density at radius 2 is 1.33 bits per heavy atom. The Morgan fingerprint density at radius 3 is 1.97 bits per heavy atom. The number of nitrogens with one attached hydrogen (secondary N) is 1. The highest BCUT2D eigenvalue weighted by atomic mass is 32.1. The Bertz CT molecular complexity index is 1580. The second-order valence-electron chi connectivity index (χ2n) is 17.2. The minimum absolute atomic E-state index is 0.000437. The minimum atomic E-state index is -0.215. The zero-order valence-corrected chi connectivity index (χ0v) is 37.2. The van der Waals surface area contributed by atoms with E-state index < -0.39 is 0 Å². The molecule has 5 rings (SSSR count). The number of thiophene rings is 1. The number of ether oxygens (including phenoxy) is 2. The van der Waals surface area contributed by atoms with Gasteiger partial charge in [0.2, 0.25) is 5.91 Å². The standard InChI is InChI=1S/C50H77N3O4S/c1-2-3-4-5-6-7-8-9-10-11-12-13-14-15-16-17-18-19-20-21-22-28-50(55)57-42-53-47-41-44(31-29-43(47)30-32-49(53)54)56-39-24-23-34-51-35-37-52(38-36-51)46-26-25-27-48-45(46)33-40-58-48/h25-27,29,31,33,40-41H,2-24,28,30,32,34-39,42H2,1H3/p+1. The number of piperazine rings is 1. The van der Waals surface area contributed by atoms with Crippen LogP contribution >= 0.6 is 11.3 Å². The summed E-state index contributed by atoms with van der Waals surface area (Å²) in [5.41, 5.74) is 3.37. The van der Waals surface area contributed by atoms with Gasteiger partial charge < -0.3 is 9.47 Å². The average Bonchev–Trinajstić information content (AvgIpc) is 3.73. The number of anilines is 1. The van der Waals surface area contributed by atoms with Gasteiger partial charge in [0.15, 0.2) is 6.73 Å². The fraction of sp³-hybridized carbons (Fsp3) is 0.680. The number of unbranched alkanes of at least 4 members (excludes halogenated alkanes) is 21. The van der Waals surface area contributed by atoms with Gasteiger partial charge in [-0.05, 0) is 67.4 Å². The number of carbonyl (C=O) groups excluding carboxylic acids is 2. The number of carbonyl (C=O) groups is 2. The van der Waals surface area contributed by atoms with Crippen LogP contribution in [0.15, 0.2) is 47.8 Å². The zero-order chi connectivity index (χ0) is 40.5. The molecule has 1 aromatic heterocycles. The molecular weight excluding hydrogens is 739 g/mol. The van der Waals surface area contributed by atoms with Crippen molar-refractivity contribution in [2.75, 3.05) is 51.0 Å². The van der Waals surface area contributed by atoms with Crippen LogP contribution in [0.2, 0.25) is 0 Å². The van der Waals surface area contributed by atoms with Gasteiger partial charge in [-0.25, -0.2) is 0 Å². The van der Waals surface area contributed by atoms with Crippen LogP contribution in [0.1, 0.15) is 173 Å². The third-order valence-electron chi connectivity index (χ3n) is 12.6. The molecule has 58 heavy (non-hydrogen) atoms. The molecule has 0 saturated carbocycles. The van der Waals surface area contributed by atoms with Gasteiger partial charge in [-0.1, -0.05) is 147 Å². The first kappa shape index (κ1) is 46.1. The third kappa shape index (κ3) is 16.6. The largest absolute Gasteiger partial charge is 0.494 e. The molecule has 0 spiro atoms. The summed E-state index contributed by atoms with van der Waals surface area (Å²) >= 11 is 1.83. The molecule has 322 valence electrons. The fourth-order valence-corrected chi connectivity index (χ4v) is 9.72. The van der Waals surface area contributed by atoms with Gasteiger partial charge in [0, 0.05) is 36.7 Å². The SMILES string of the molecule is CCCCCCCCCCCCCCCCCCCCCCCC(=O)OCN1C(=O)CCc2ccc(OCCCCN3CC[NH+](c4cccc5sccc45)CC3)cc21. The van der Waals surface area contributed by atoms with E-state index in [0.29, 0.717) is 25.9 Å². The number of aryl methyl sites for hydroxylation is 1. The lowest BCUT2D eigenvalue weighted by molar-refractivity contribution is -0.837. The summed E-state index contributed by atoms with van der Waals surface area (Å²) in [7, 11) is 0. The van der Waals surface area contributed by atoms with Crippen LogP contribution in [0.4, 0.5) is 11.4 Å². The maximum Gasteiger partial charge on any atom is 0.307 e. The molecule has 0 atom stereocenters. The van der Waals surface area contributed by atoms with Crippen molar-refractivity contribution >= 4 is 44.7 Å². The monoisotopic (exact) mass is 817 g/mol. The average molecular weight is 817 g/mol. The normalized spacial score (nSPS) is 15.0. The molecule has 1 fully saturated rings. The number of rotatable bonds is 31. The molecule has 2 aliphatic heterocycles. The molecule has 1 N–H and O–H groups in total. The van der Waals surface area contributed by atoms with Gasteiger partial charge in [0.1, 0.15) is 11.4 Å². The number of amides is 1. The Labute approximate surface area is 356 Å². The zero-order valence-electron chi connectivity index (χ0n) is 36.4. The molecule has 0 unspecified atom stereocenters. The highest BCUT2D eigenvalue weighted by Gasteiger charge is 2.26. The van der Waals surface area contributed by atoms with Gasteiger partial charge in [-0.15, -0.1) is 11.3 Å². The van der Waals surface area contributed by atoms with Crippen LogP contribution in [0.5, 0.6) is 5.75 Å². The van der Waals surface area contributed by atoms with Crippen molar-refractivity contribution in [3.63, 3.8) is 0 Å². The lowest BCUT2D eigenvalue weighted by atomic mass is 10.0. The van der Waals surface area contributed by atoms with Gasteiger partial charge in [-0.3, -0.25) is 24.3 Å². The fourth-order valence-electron chi connectivity index (χ4n) is 8.90. The van der Waals surface area contributed by atoms with E-state index in [1.54, 1.807) is 9.80 Å². The Kier molecular flexibility index (Phi) is 22.1. The highest BCUT2D eigenvalue weighted by Crippen LogP contribution is 2.32. The van der Waals surface area contributed by atoms with Crippen LogP contribution in [0.25, 0.3) is 10.1 Å². The number of hydrogen-bond donors (Lipinski definition) is 1. The Balaban J connectivity index is 0.844. The van der Waals surface area contributed by atoms with Gasteiger partial charge in [0.05, 0.1) is 30.8 Å². The van der Waals surface area contributed by atoms with Crippen molar-refractivity contribution in [1.29, 1.82) is 0 Å². The van der Waals surface area contributed by atoms with Crippen LogP contribution in [-0.4, -0.2) is 62.8 Å². The second kappa shape index (κ2) is 27.7. The topological polar surface area (TPSA) is 63.5 Å². The number of hydrogen-bond acceptors (Lipinski definition) is 6. The third-order valence-corrected chi connectivity index (χ3v) is 13.5. The number of fused-ring (bicyclic) bond motifs is 2. The molecule has 2 aromatic carbocycles. The minimum Gasteiger partial charge on any atom is -0.494 e. The van der Waals surface area contributed by atoms with E-state index in [-0.39, 0.29) is 18.6 Å². The van der Waals surface area contributed by atoms with E-state index in [1.165, 1.54) is 138 Å². The van der Waals surface area contributed by atoms with Crippen molar-refractivity contribution < 1.29 is 24.0 Å². The van der Waals surface area contributed by atoms with Gasteiger partial charge >= 0.3 is 5.97 Å². The van der Waals surface area contributed by atoms with Crippen LogP contribution in [-0.2, 0) is 20.7 Å². The molecule has 8 heteroatoms. The predicted octanol–water partition coefficient (Wildman–Crippen LogP) is 12.0. The summed E-state index contributed by atoms with van der Waals surface area (Å²) in [6.07, 6.45) is 31.9. The first-order valence-electron chi connectivity index (χ1n) is 23.9. The molecule has 3 aromatic rings. The van der Waals surface area contributed by atoms with Crippen molar-refractivity contribution in [1.82, 2.24) is 4.90 Å². The van der Waals surface area contributed by atoms with Crippen molar-refractivity contribution in [2.45, 2.75) is 174 Å². The first-order valence-corrected chi connectivity index (χ1v) is 24.8. The number of esters is 1. The van der Waals surface area contributed by atoms with Crippen LogP contribution in [0.3, 0.4) is 0 Å². The van der Waals surface area contributed by atoms with Gasteiger partial charge in [-0.2, -0.15) is 0 Å². The van der Waals surface area contributed by atoms with Crippen molar-refractivity contribution in [3.05, 3.63) is 53.4 Å². The van der Waals surface area contributed by atoms with Crippen LogP contribution < -0.4 is 14.5 Å². The van der Waals surface area contributed by atoms with Crippen LogP contribution in [0, 0.1) is 0 Å². The molecule has 0 bridgehead atoms. The van der Waals surface area contributed by atoms with E-state index in [2.05, 4.69) is 47.5 Å². The smallest absolute Gasteiger partial charge is 0.307 e. The maximum atomic E-state index is 12.9. The lowest BCUT2D eigenvalue weighted by Gasteiger charge is -2.32. The van der Waals surface area contributed by atoms with E-state index in [4.69, 9.17) is 9.47 Å². The number of benzene rings is 2. The number of nitrogens with zero attached hydrogens (tertiary/aromatic N) is 2. The molecule has 2 aliphatic rings. The maximum absolute atomic E-state index is 12.9. The summed E-state index contributed by atoms with van der Waals surface area (Å²) in [6, 6.07) is 15.0. The number of quaternary nitrogens is 1. The summed E-state index contributed by atoms with van der Waals surface area (Å²) in [4.78, 5) is 31.3. The Hall–Kier alpha value is -2.94. The molecule has 0 aliphatic carbocycles. The summed E-state index contributed by atoms with van der Waals surface area (Å²) in [5, 5.41) is 3.61. The lowest BCUT2D eigenvalue weighted by Crippen LogP contribution is -3.10. The highest BCUT2D eigenvalue weighted by molar-refractivity contribution is 7.17. The quantitative estimate of drug-likeness (QED) is 0.0518. The second-order valence-corrected chi connectivity index (χ2v) is 18.2. The molecule has 0 radical (unpaired) electrons. The summed E-state index contributed by atoms with van der Waals surface area (Å²) in [5.74, 6) is 0.553. The summed E-state index contributed by atoms with van der Waals surface area (Å²) in [6.45, 7) is 8.54.